The van der Waals surface area contributed by atoms with Crippen LogP contribution < -0.4 is 5.73 Å². The van der Waals surface area contributed by atoms with Crippen LogP contribution in [-0.4, -0.2) is 11.2 Å². The molecule has 2 aromatic rings. The summed E-state index contributed by atoms with van der Waals surface area (Å²) in [6, 6.07) is 12.6. The van der Waals surface area contributed by atoms with Gasteiger partial charge in [0.05, 0.1) is 16.8 Å². The molecule has 122 valence electrons. The molecule has 1 aliphatic carbocycles. The van der Waals surface area contributed by atoms with Crippen LogP contribution in [0.4, 0.5) is 5.82 Å². The summed E-state index contributed by atoms with van der Waals surface area (Å²) in [6.07, 6.45) is 4.07. The molecule has 0 amide bonds. The monoisotopic (exact) mass is 344 g/mol. The molecule has 3 rings (SSSR count). The van der Waals surface area contributed by atoms with Gasteiger partial charge in [0.25, 0.3) is 0 Å². The van der Waals surface area contributed by atoms with Crippen molar-refractivity contribution < 1.29 is 0 Å². The van der Waals surface area contributed by atoms with Gasteiger partial charge in [-0.15, -0.1) is 11.8 Å². The normalized spacial score (nSPS) is 14.4. The van der Waals surface area contributed by atoms with Gasteiger partial charge in [0.2, 0.25) is 0 Å². The Balaban J connectivity index is 2.26. The Morgan fingerprint density at radius 1 is 1.12 bits per heavy atom. The lowest BCUT2D eigenvalue weighted by molar-refractivity contribution is 1.22. The maximum atomic E-state index is 9.56. The first-order valence-corrected chi connectivity index (χ1v) is 8.92. The second kappa shape index (κ2) is 6.47. The minimum Gasteiger partial charge on any atom is -0.383 e. The summed E-state index contributed by atoms with van der Waals surface area (Å²) in [5, 5.41) is 18.9. The summed E-state index contributed by atoms with van der Waals surface area (Å²) in [5.74, 6) is 0.171. The van der Waals surface area contributed by atoms with Gasteiger partial charge in [-0.25, -0.2) is 4.98 Å². The highest BCUT2D eigenvalue weighted by Crippen LogP contribution is 2.44. The van der Waals surface area contributed by atoms with Crippen molar-refractivity contribution in [2.24, 2.45) is 0 Å². The molecule has 1 aromatic heterocycles. The number of thioether (sulfide) groups is 1. The van der Waals surface area contributed by atoms with Crippen LogP contribution in [0.2, 0.25) is 0 Å². The minimum absolute atomic E-state index is 0.171. The van der Waals surface area contributed by atoms with Crippen LogP contribution in [0.25, 0.3) is 17.2 Å². The number of nitrogens with two attached hydrogens (primary N) is 1. The van der Waals surface area contributed by atoms with E-state index in [1.165, 1.54) is 4.90 Å². The zero-order valence-corrected chi connectivity index (χ0v) is 15.0. The first-order chi connectivity index (χ1) is 12.0. The van der Waals surface area contributed by atoms with Gasteiger partial charge >= 0.3 is 0 Å². The van der Waals surface area contributed by atoms with Crippen molar-refractivity contribution in [3.8, 4) is 12.1 Å². The SMILES string of the molecule is CSc1ccc(/C=C2\C(C)=C(C#N)c3nc(N)c(C#N)c(C)c32)cc1. The summed E-state index contributed by atoms with van der Waals surface area (Å²) < 4.78 is 0. The average Bonchev–Trinajstić information content (AvgIpc) is 2.87. The third kappa shape index (κ3) is 2.69. The quantitative estimate of drug-likeness (QED) is 0.815. The lowest BCUT2D eigenvalue weighted by Gasteiger charge is -2.11. The molecule has 5 heteroatoms. The smallest absolute Gasteiger partial charge is 0.142 e. The summed E-state index contributed by atoms with van der Waals surface area (Å²) in [6.45, 7) is 3.76. The summed E-state index contributed by atoms with van der Waals surface area (Å²) in [7, 11) is 0. The second-order valence-corrected chi connectivity index (χ2v) is 6.66. The van der Waals surface area contributed by atoms with E-state index >= 15 is 0 Å². The van der Waals surface area contributed by atoms with Gasteiger partial charge in [-0.2, -0.15) is 10.5 Å². The minimum atomic E-state index is 0.171. The zero-order chi connectivity index (χ0) is 18.1. The Labute approximate surface area is 151 Å². The van der Waals surface area contributed by atoms with Gasteiger partial charge in [-0.1, -0.05) is 12.1 Å². The molecular formula is C20H16N4S. The van der Waals surface area contributed by atoms with Gasteiger partial charge in [0.15, 0.2) is 0 Å². The number of nitriles is 2. The van der Waals surface area contributed by atoms with Crippen LogP contribution in [0.3, 0.4) is 0 Å². The van der Waals surface area contributed by atoms with E-state index < -0.39 is 0 Å². The van der Waals surface area contributed by atoms with Crippen molar-refractivity contribution in [2.45, 2.75) is 18.7 Å². The first kappa shape index (κ1) is 16.8. The molecule has 0 spiro atoms. The predicted molar refractivity (Wildman–Crippen MR) is 102 cm³/mol. The molecule has 0 aliphatic heterocycles. The Bertz CT molecular complexity index is 1020. The molecular weight excluding hydrogens is 328 g/mol. The van der Waals surface area contributed by atoms with Crippen LogP contribution >= 0.6 is 11.8 Å². The van der Waals surface area contributed by atoms with Crippen molar-refractivity contribution in [3.63, 3.8) is 0 Å². The number of hydrogen-bond donors (Lipinski definition) is 1. The van der Waals surface area contributed by atoms with E-state index in [2.05, 4.69) is 29.3 Å². The van der Waals surface area contributed by atoms with E-state index in [1.807, 2.05) is 38.3 Å². The number of pyridine rings is 1. The summed E-state index contributed by atoms with van der Waals surface area (Å²) in [5.41, 5.74) is 11.8. The van der Waals surface area contributed by atoms with Gasteiger partial charge in [-0.3, -0.25) is 0 Å². The third-order valence-electron chi connectivity index (χ3n) is 4.41. The molecule has 25 heavy (non-hydrogen) atoms. The fourth-order valence-electron chi connectivity index (χ4n) is 3.06. The summed E-state index contributed by atoms with van der Waals surface area (Å²) >= 11 is 1.69. The topological polar surface area (TPSA) is 86.5 Å². The number of hydrogen-bond acceptors (Lipinski definition) is 5. The highest BCUT2D eigenvalue weighted by Gasteiger charge is 2.29. The van der Waals surface area contributed by atoms with Crippen LogP contribution in [0, 0.1) is 29.6 Å². The Morgan fingerprint density at radius 3 is 2.36 bits per heavy atom. The van der Waals surface area contributed by atoms with Crippen molar-refractivity contribution in [1.82, 2.24) is 4.98 Å². The summed E-state index contributed by atoms with van der Waals surface area (Å²) in [4.78, 5) is 5.53. The van der Waals surface area contributed by atoms with Crippen molar-refractivity contribution in [1.29, 1.82) is 10.5 Å². The van der Waals surface area contributed by atoms with E-state index in [9.17, 15) is 10.5 Å². The molecule has 0 atom stereocenters. The lowest BCUT2D eigenvalue weighted by Crippen LogP contribution is -2.03. The Kier molecular flexibility index (Phi) is 4.35. The van der Waals surface area contributed by atoms with Crippen LogP contribution in [-0.2, 0) is 0 Å². The Morgan fingerprint density at radius 2 is 1.80 bits per heavy atom. The molecule has 1 aliphatic rings. The van der Waals surface area contributed by atoms with Crippen LogP contribution in [0.1, 0.15) is 34.9 Å². The van der Waals surface area contributed by atoms with Gasteiger partial charge in [0, 0.05) is 10.5 Å². The van der Waals surface area contributed by atoms with E-state index in [0.29, 0.717) is 16.8 Å². The molecule has 0 saturated carbocycles. The molecule has 1 heterocycles. The fraction of sp³-hybridized carbons (Fsp3) is 0.150. The Hall–Kier alpha value is -3.02. The number of rotatable bonds is 2. The second-order valence-electron chi connectivity index (χ2n) is 5.78. The zero-order valence-electron chi connectivity index (χ0n) is 14.2. The highest BCUT2D eigenvalue weighted by molar-refractivity contribution is 7.98. The van der Waals surface area contributed by atoms with E-state index in [0.717, 1.165) is 27.8 Å². The number of anilines is 1. The van der Waals surface area contributed by atoms with E-state index in [4.69, 9.17) is 5.73 Å². The number of nitrogens with zero attached hydrogens (tertiary/aromatic N) is 3. The largest absolute Gasteiger partial charge is 0.383 e. The van der Waals surface area contributed by atoms with Crippen molar-refractivity contribution in [3.05, 3.63) is 57.8 Å². The molecule has 0 fully saturated rings. The third-order valence-corrected chi connectivity index (χ3v) is 5.15. The van der Waals surface area contributed by atoms with Gasteiger partial charge < -0.3 is 5.73 Å². The molecule has 2 N–H and O–H groups in total. The number of aromatic nitrogens is 1. The van der Waals surface area contributed by atoms with Crippen LogP contribution in [0.15, 0.2) is 34.7 Å². The molecule has 1 aromatic carbocycles. The van der Waals surface area contributed by atoms with E-state index in [1.54, 1.807) is 11.8 Å². The maximum absolute atomic E-state index is 9.56. The number of allylic oxidation sites excluding steroid dienone is 3. The fourth-order valence-corrected chi connectivity index (χ4v) is 3.47. The molecule has 0 unspecified atom stereocenters. The molecule has 0 saturated heterocycles. The maximum Gasteiger partial charge on any atom is 0.142 e. The highest BCUT2D eigenvalue weighted by atomic mass is 32.2. The standard InChI is InChI=1S/C20H16N4S/c1-11-15(8-13-4-6-14(25-3)7-5-13)18-12(2)17(10-22)20(23)24-19(18)16(11)9-21/h4-8H,1-3H3,(H2,23,24)/b15-8+. The molecule has 4 nitrogen and oxygen atoms in total. The molecule has 0 bridgehead atoms. The average molecular weight is 344 g/mol. The van der Waals surface area contributed by atoms with E-state index in [-0.39, 0.29) is 5.82 Å². The number of nitrogen functional groups attached to an aromatic ring is 1. The number of benzene rings is 1. The van der Waals surface area contributed by atoms with Gasteiger partial charge in [-0.05, 0) is 60.6 Å². The lowest BCUT2D eigenvalue weighted by atomic mass is 9.95. The van der Waals surface area contributed by atoms with Crippen molar-refractivity contribution >= 4 is 34.8 Å². The first-order valence-electron chi connectivity index (χ1n) is 7.69. The molecule has 0 radical (unpaired) electrons. The van der Waals surface area contributed by atoms with Crippen LogP contribution in [0.5, 0.6) is 0 Å². The van der Waals surface area contributed by atoms with Crippen molar-refractivity contribution in [2.75, 3.05) is 12.0 Å². The van der Waals surface area contributed by atoms with Gasteiger partial charge in [0.1, 0.15) is 18.0 Å². The number of fused-ring (bicyclic) bond motifs is 1. The predicted octanol–water partition coefficient (Wildman–Crippen LogP) is 4.42.